The van der Waals surface area contributed by atoms with Crippen molar-refractivity contribution in [3.8, 4) is 17.2 Å². The van der Waals surface area contributed by atoms with Gasteiger partial charge in [-0.05, 0) is 122 Å². The second kappa shape index (κ2) is 35.2. The molecule has 0 radical (unpaired) electrons. The van der Waals surface area contributed by atoms with E-state index in [1.165, 1.54) is 69.9 Å². The summed E-state index contributed by atoms with van der Waals surface area (Å²) in [4.78, 5) is 126. The van der Waals surface area contributed by atoms with Gasteiger partial charge in [0, 0.05) is 57.4 Å². The average molecular weight is 1200 g/mol. The quantitative estimate of drug-likeness (QED) is 0.0148. The zero-order valence-corrected chi connectivity index (χ0v) is 49.2. The summed E-state index contributed by atoms with van der Waals surface area (Å²) in [7, 11) is 4.10. The van der Waals surface area contributed by atoms with Gasteiger partial charge in [-0.3, -0.25) is 58.3 Å². The number of hydrogen-bond acceptors (Lipinski definition) is 16. The first-order valence-electron chi connectivity index (χ1n) is 27.8. The number of carbonyl (C=O) groups is 8. The highest BCUT2D eigenvalue weighted by molar-refractivity contribution is 6.03. The highest BCUT2D eigenvalue weighted by Crippen LogP contribution is 2.25. The van der Waals surface area contributed by atoms with Crippen LogP contribution in [0.15, 0.2) is 98.8 Å². The number of rotatable bonds is 38. The van der Waals surface area contributed by atoms with Crippen LogP contribution in [0, 0.1) is 0 Å². The van der Waals surface area contributed by atoms with Crippen LogP contribution < -0.4 is 87.5 Å². The summed E-state index contributed by atoms with van der Waals surface area (Å²) in [6.07, 6.45) is 1.12. The Hall–Kier alpha value is -10.1. The zero-order chi connectivity index (χ0) is 64.2. The van der Waals surface area contributed by atoms with E-state index in [0.717, 1.165) is 0 Å². The number of nitrogens with two attached hydrogens (primary N) is 10. The van der Waals surface area contributed by atoms with E-state index < -0.39 is 65.1 Å². The number of guanidine groups is 4. The van der Waals surface area contributed by atoms with E-state index in [0.29, 0.717) is 48.1 Å². The van der Waals surface area contributed by atoms with Crippen molar-refractivity contribution in [2.75, 3.05) is 47.5 Å². The van der Waals surface area contributed by atoms with E-state index >= 15 is 0 Å². The third kappa shape index (κ3) is 23.5. The van der Waals surface area contributed by atoms with E-state index in [2.05, 4.69) is 35.9 Å². The molecule has 0 heterocycles. The molecular weight excluding hydrogens is 1120 g/mol. The van der Waals surface area contributed by atoms with Crippen molar-refractivity contribution in [3.05, 3.63) is 123 Å². The van der Waals surface area contributed by atoms with Crippen molar-refractivity contribution in [2.24, 2.45) is 77.3 Å². The molecule has 0 aromatic heterocycles. The monoisotopic (exact) mass is 1200 g/mol. The SMILES string of the molecule is COc1ccc(CC(=O)[C@@H](CCCN=C(N)N)NC(=O)c2cc(CC(=O)[C@@H](CCCN=C(N)N)NC(=O)c3cccc(CC(=O)[C@@H](CCCN=C(N)N)NC(=O)c4cc(CC(=O)[C@H](N)CCCN=C(N)N)ccc4OC)c3)ccc2OC)cc1C(N)=O. The first kappa shape index (κ1) is 69.4. The molecule has 4 aromatic carbocycles. The summed E-state index contributed by atoms with van der Waals surface area (Å²) < 4.78 is 16.3. The molecule has 28 nitrogen and oxygen atoms in total. The fourth-order valence-corrected chi connectivity index (χ4v) is 9.12. The molecule has 0 saturated carbocycles. The van der Waals surface area contributed by atoms with E-state index in [-0.39, 0.29) is 147 Å². The molecule has 468 valence electrons. The Bertz CT molecular complexity index is 3200. The lowest BCUT2D eigenvalue weighted by molar-refractivity contribution is -0.121. The average Bonchev–Trinajstić information content (AvgIpc) is 2.88. The lowest BCUT2D eigenvalue weighted by Crippen LogP contribution is -2.42. The molecule has 0 saturated heterocycles. The third-order valence-corrected chi connectivity index (χ3v) is 13.5. The van der Waals surface area contributed by atoms with E-state index in [1.807, 2.05) is 0 Å². The number of primary amides is 1. The van der Waals surface area contributed by atoms with Gasteiger partial charge >= 0.3 is 0 Å². The Labute approximate surface area is 504 Å². The Kier molecular flexibility index (Phi) is 28.1. The van der Waals surface area contributed by atoms with Crippen LogP contribution in [0.1, 0.15) is 115 Å². The van der Waals surface area contributed by atoms with Crippen molar-refractivity contribution in [2.45, 2.75) is 101 Å². The Morgan fingerprint density at radius 2 is 0.724 bits per heavy atom. The number of nitrogens with one attached hydrogen (secondary N) is 3. The number of aliphatic imine (C=N–C) groups is 4. The maximum absolute atomic E-state index is 14.3. The molecule has 0 aliphatic carbocycles. The zero-order valence-electron chi connectivity index (χ0n) is 49.2. The van der Waals surface area contributed by atoms with Gasteiger partial charge in [-0.1, -0.05) is 30.3 Å². The number of nitrogens with zero attached hydrogens (tertiary/aromatic N) is 4. The molecule has 4 rings (SSSR count). The summed E-state index contributed by atoms with van der Waals surface area (Å²) in [5.41, 5.74) is 57.6. The minimum atomic E-state index is -1.12. The minimum Gasteiger partial charge on any atom is -0.496 e. The number of amides is 4. The summed E-state index contributed by atoms with van der Waals surface area (Å²) in [5.74, 6) is -4.39. The second-order valence-electron chi connectivity index (χ2n) is 20.2. The number of Topliss-reactive ketones (excluding diaryl/α,β-unsaturated/α-hetero) is 4. The first-order chi connectivity index (χ1) is 41.4. The van der Waals surface area contributed by atoms with Crippen LogP contribution >= 0.6 is 0 Å². The molecule has 0 bridgehead atoms. The number of methoxy groups -OCH3 is 3. The molecular formula is C59H81N17O11. The van der Waals surface area contributed by atoms with Crippen LogP contribution in [-0.2, 0) is 44.9 Å². The standard InChI is InChI=1S/C59H81N17O11/c1-85-49-18-15-34(26-38(49)52(61)81)31-48(80)44(14-8-24-73-59(68)69)76-55(84)40-28-36(17-20-51(40)87-3)32-47(79)42(12-6-22-71-57(64)65)74-53(82)37-10-4-9-33(25-37)30-46(78)43(13-7-23-72-58(66)67)75-54(83)39-27-35(16-19-50(39)86-2)29-45(77)41(60)11-5-21-70-56(62)63/h4,9-10,15-20,25-28,41-44H,5-8,11-14,21-24,29-32,60H2,1-3H3,(H2,61,81)(H,74,82)(H,75,83)(H,76,84)(H4,62,63,70)(H4,64,65,71)(H4,66,67,72)(H4,68,69,73)/t41-,42-,43-,44-/m1/s1. The van der Waals surface area contributed by atoms with Crippen LogP contribution in [0.5, 0.6) is 17.2 Å². The fraction of sp³-hybridized carbons (Fsp3) is 0.390. The summed E-state index contributed by atoms with van der Waals surface area (Å²) in [5, 5.41) is 8.43. The third-order valence-electron chi connectivity index (χ3n) is 13.5. The topological polar surface area (TPSA) is 510 Å². The van der Waals surface area contributed by atoms with Crippen molar-refractivity contribution in [1.29, 1.82) is 0 Å². The molecule has 87 heavy (non-hydrogen) atoms. The maximum atomic E-state index is 14.3. The highest BCUT2D eigenvalue weighted by atomic mass is 16.5. The van der Waals surface area contributed by atoms with Gasteiger partial charge in [0.1, 0.15) is 17.2 Å². The molecule has 4 atom stereocenters. The molecule has 0 fully saturated rings. The number of hydrogen-bond donors (Lipinski definition) is 13. The van der Waals surface area contributed by atoms with Crippen molar-refractivity contribution < 1.29 is 52.6 Å². The lowest BCUT2D eigenvalue weighted by atomic mass is 9.96. The largest absolute Gasteiger partial charge is 0.496 e. The van der Waals surface area contributed by atoms with Crippen LogP contribution in [0.4, 0.5) is 0 Å². The number of carbonyl (C=O) groups excluding carboxylic acids is 8. The molecule has 23 N–H and O–H groups in total. The summed E-state index contributed by atoms with van der Waals surface area (Å²) >= 11 is 0. The Morgan fingerprint density at radius 1 is 0.402 bits per heavy atom. The summed E-state index contributed by atoms with van der Waals surface area (Å²) in [6.45, 7) is 0.733. The van der Waals surface area contributed by atoms with E-state index in [1.54, 1.807) is 30.3 Å². The molecule has 0 unspecified atom stereocenters. The van der Waals surface area contributed by atoms with Crippen molar-refractivity contribution in [3.63, 3.8) is 0 Å². The molecule has 4 amide bonds. The van der Waals surface area contributed by atoms with Gasteiger partial charge in [0.05, 0.1) is 62.2 Å². The van der Waals surface area contributed by atoms with Gasteiger partial charge in [0.25, 0.3) is 23.6 Å². The smallest absolute Gasteiger partial charge is 0.255 e. The number of ketones is 4. The van der Waals surface area contributed by atoms with Crippen LogP contribution in [0.2, 0.25) is 0 Å². The predicted octanol–water partition coefficient (Wildman–Crippen LogP) is -0.805. The Morgan fingerprint density at radius 3 is 1.08 bits per heavy atom. The van der Waals surface area contributed by atoms with Crippen LogP contribution in [0.25, 0.3) is 0 Å². The lowest BCUT2D eigenvalue weighted by Gasteiger charge is -2.20. The normalized spacial score (nSPS) is 12.1. The van der Waals surface area contributed by atoms with E-state index in [9.17, 15) is 38.4 Å². The van der Waals surface area contributed by atoms with Crippen LogP contribution in [-0.4, -0.2) is 142 Å². The number of ether oxygens (including phenoxy) is 3. The first-order valence-corrected chi connectivity index (χ1v) is 27.8. The van der Waals surface area contributed by atoms with E-state index in [4.69, 9.17) is 71.5 Å². The van der Waals surface area contributed by atoms with Crippen molar-refractivity contribution >= 4 is 70.6 Å². The molecule has 4 aromatic rings. The predicted molar refractivity (Wildman–Crippen MR) is 330 cm³/mol. The van der Waals surface area contributed by atoms with Gasteiger partial charge in [-0.15, -0.1) is 0 Å². The molecule has 28 heteroatoms. The second-order valence-corrected chi connectivity index (χ2v) is 20.2. The van der Waals surface area contributed by atoms with Crippen LogP contribution in [0.3, 0.4) is 0 Å². The van der Waals surface area contributed by atoms with Gasteiger partial charge in [0.15, 0.2) is 47.0 Å². The van der Waals surface area contributed by atoms with Gasteiger partial charge in [0.2, 0.25) is 0 Å². The number of benzene rings is 4. The Balaban J connectivity index is 1.56. The maximum Gasteiger partial charge on any atom is 0.255 e. The van der Waals surface area contributed by atoms with Gasteiger partial charge < -0.3 is 87.5 Å². The summed E-state index contributed by atoms with van der Waals surface area (Å²) in [6, 6.07) is 15.8. The molecule has 0 aliphatic rings. The van der Waals surface area contributed by atoms with Crippen molar-refractivity contribution in [1.82, 2.24) is 16.0 Å². The van der Waals surface area contributed by atoms with Gasteiger partial charge in [-0.25, -0.2) is 0 Å². The molecule has 0 spiro atoms. The highest BCUT2D eigenvalue weighted by Gasteiger charge is 2.28. The minimum absolute atomic E-state index is 0.00624. The van der Waals surface area contributed by atoms with Gasteiger partial charge in [-0.2, -0.15) is 0 Å². The molecule has 0 aliphatic heterocycles. The fourth-order valence-electron chi connectivity index (χ4n) is 9.12.